The van der Waals surface area contributed by atoms with Crippen LogP contribution in [0.25, 0.3) is 11.0 Å². The van der Waals surface area contributed by atoms with Gasteiger partial charge in [-0.15, -0.1) is 0 Å². The van der Waals surface area contributed by atoms with E-state index >= 15 is 0 Å². The first-order valence-electron chi connectivity index (χ1n) is 6.13. The van der Waals surface area contributed by atoms with Gasteiger partial charge < -0.3 is 14.3 Å². The van der Waals surface area contributed by atoms with Gasteiger partial charge in [-0.2, -0.15) is 0 Å². The highest BCUT2D eigenvalue weighted by Gasteiger charge is 2.43. The number of rotatable bonds is 4. The first kappa shape index (κ1) is 13.0. The van der Waals surface area contributed by atoms with Gasteiger partial charge in [0.1, 0.15) is 11.3 Å². The number of halogens is 1. The van der Waals surface area contributed by atoms with E-state index in [0.717, 1.165) is 0 Å². The largest absolute Gasteiger partial charge is 0.492 e. The molecular weight excluding hydrogens is 284 g/mol. The fourth-order valence-electron chi connectivity index (χ4n) is 2.16. The highest BCUT2D eigenvalue weighted by Crippen LogP contribution is 2.39. The number of aliphatic carboxylic acids is 1. The standard InChI is InChI=1S/C14H11ClO5/c15-8-1-2-11-10(4-8)12(5-13(16)20-11)19-6-7-3-9(7)14(17)18/h1-2,4-5,7,9H,3,6H2,(H,17,18)/t7-,9+/m0/s1. The number of carboxylic acids is 1. The second-order valence-corrected chi connectivity index (χ2v) is 5.26. The van der Waals surface area contributed by atoms with Gasteiger partial charge in [-0.25, -0.2) is 4.79 Å². The van der Waals surface area contributed by atoms with E-state index in [9.17, 15) is 9.59 Å². The lowest BCUT2D eigenvalue weighted by molar-refractivity contribution is -0.138. The highest BCUT2D eigenvalue weighted by atomic mass is 35.5. The van der Waals surface area contributed by atoms with Crippen LogP contribution in [-0.2, 0) is 4.79 Å². The first-order valence-corrected chi connectivity index (χ1v) is 6.51. The third kappa shape index (κ3) is 2.49. The summed E-state index contributed by atoms with van der Waals surface area (Å²) in [6.45, 7) is 0.266. The van der Waals surface area contributed by atoms with Gasteiger partial charge in [-0.05, 0) is 24.6 Å². The number of carboxylic acid groups (broad SMARTS) is 1. The number of fused-ring (bicyclic) bond motifs is 1. The van der Waals surface area contributed by atoms with Crippen molar-refractivity contribution >= 4 is 28.5 Å². The minimum atomic E-state index is -0.806. The SMILES string of the molecule is O=C(O)[C@@H]1C[C@H]1COc1cc(=O)oc2ccc(Cl)cc12. The average Bonchev–Trinajstić information content (AvgIpc) is 3.16. The Balaban J connectivity index is 1.85. The van der Waals surface area contributed by atoms with E-state index in [0.29, 0.717) is 28.2 Å². The molecule has 0 spiro atoms. The molecule has 0 bridgehead atoms. The quantitative estimate of drug-likeness (QED) is 0.877. The fraction of sp³-hybridized carbons (Fsp3) is 0.286. The maximum absolute atomic E-state index is 11.4. The van der Waals surface area contributed by atoms with Crippen LogP contribution in [0.4, 0.5) is 0 Å². The molecular formula is C14H11ClO5. The predicted molar refractivity (Wildman–Crippen MR) is 72.2 cm³/mol. The normalized spacial score (nSPS) is 20.9. The van der Waals surface area contributed by atoms with Crippen LogP contribution in [0, 0.1) is 11.8 Å². The smallest absolute Gasteiger partial charge is 0.339 e. The lowest BCUT2D eigenvalue weighted by atomic mass is 10.2. The Hall–Kier alpha value is -2.01. The Kier molecular flexibility index (Phi) is 3.14. The lowest BCUT2D eigenvalue weighted by Gasteiger charge is -2.08. The molecule has 1 heterocycles. The van der Waals surface area contributed by atoms with Gasteiger partial charge in [0.2, 0.25) is 0 Å². The minimum absolute atomic E-state index is 0.00557. The van der Waals surface area contributed by atoms with Crippen molar-refractivity contribution in [2.45, 2.75) is 6.42 Å². The molecule has 0 unspecified atom stereocenters. The Bertz CT molecular complexity index is 736. The van der Waals surface area contributed by atoms with Crippen LogP contribution < -0.4 is 10.4 Å². The Morgan fingerprint density at radius 1 is 1.45 bits per heavy atom. The second-order valence-electron chi connectivity index (χ2n) is 4.82. The van der Waals surface area contributed by atoms with Gasteiger partial charge in [-0.1, -0.05) is 11.6 Å². The van der Waals surface area contributed by atoms with Crippen molar-refractivity contribution in [3.63, 3.8) is 0 Å². The summed E-state index contributed by atoms with van der Waals surface area (Å²) in [5.74, 6) is -0.784. The summed E-state index contributed by atoms with van der Waals surface area (Å²) >= 11 is 5.92. The highest BCUT2D eigenvalue weighted by molar-refractivity contribution is 6.31. The molecule has 2 atom stereocenters. The third-order valence-electron chi connectivity index (χ3n) is 3.36. The monoisotopic (exact) mass is 294 g/mol. The van der Waals surface area contributed by atoms with Crippen molar-refractivity contribution in [3.8, 4) is 5.75 Å². The zero-order chi connectivity index (χ0) is 14.3. The van der Waals surface area contributed by atoms with E-state index in [-0.39, 0.29) is 18.4 Å². The van der Waals surface area contributed by atoms with E-state index in [4.69, 9.17) is 25.9 Å². The average molecular weight is 295 g/mol. The Morgan fingerprint density at radius 2 is 2.25 bits per heavy atom. The van der Waals surface area contributed by atoms with Gasteiger partial charge in [0, 0.05) is 10.9 Å². The van der Waals surface area contributed by atoms with Crippen LogP contribution in [0.2, 0.25) is 5.02 Å². The minimum Gasteiger partial charge on any atom is -0.492 e. The van der Waals surface area contributed by atoms with Crippen LogP contribution in [0.15, 0.2) is 33.5 Å². The number of ether oxygens (including phenoxy) is 1. The molecule has 0 radical (unpaired) electrons. The molecule has 1 N–H and O–H groups in total. The molecule has 5 nitrogen and oxygen atoms in total. The molecule has 3 rings (SSSR count). The molecule has 1 aliphatic carbocycles. The molecule has 6 heteroatoms. The number of carbonyl (C=O) groups is 1. The molecule has 0 aliphatic heterocycles. The van der Waals surface area contributed by atoms with Crippen LogP contribution in [-0.4, -0.2) is 17.7 Å². The summed E-state index contributed by atoms with van der Waals surface area (Å²) in [6, 6.07) is 6.12. The third-order valence-corrected chi connectivity index (χ3v) is 3.59. The van der Waals surface area contributed by atoms with Gasteiger partial charge in [0.25, 0.3) is 0 Å². The predicted octanol–water partition coefficient (Wildman–Crippen LogP) is 2.55. The lowest BCUT2D eigenvalue weighted by Crippen LogP contribution is -2.08. The molecule has 1 aromatic heterocycles. The fourth-order valence-corrected chi connectivity index (χ4v) is 2.33. The van der Waals surface area contributed by atoms with Gasteiger partial charge >= 0.3 is 11.6 Å². The summed E-state index contributed by atoms with van der Waals surface area (Å²) in [4.78, 5) is 22.2. The van der Waals surface area contributed by atoms with Crippen molar-refractivity contribution in [3.05, 3.63) is 39.7 Å². The van der Waals surface area contributed by atoms with Crippen molar-refractivity contribution in [1.29, 1.82) is 0 Å². The van der Waals surface area contributed by atoms with E-state index in [1.165, 1.54) is 6.07 Å². The molecule has 0 saturated heterocycles. The zero-order valence-electron chi connectivity index (χ0n) is 10.3. The van der Waals surface area contributed by atoms with Gasteiger partial charge in [0.15, 0.2) is 0 Å². The molecule has 1 saturated carbocycles. The van der Waals surface area contributed by atoms with E-state index in [1.807, 2.05) is 0 Å². The van der Waals surface area contributed by atoms with Crippen LogP contribution in [0.5, 0.6) is 5.75 Å². The van der Waals surface area contributed by atoms with Crippen LogP contribution >= 0.6 is 11.6 Å². The van der Waals surface area contributed by atoms with Crippen molar-refractivity contribution in [2.24, 2.45) is 11.8 Å². The molecule has 104 valence electrons. The van der Waals surface area contributed by atoms with Crippen molar-refractivity contribution < 1.29 is 19.1 Å². The summed E-state index contributed by atoms with van der Waals surface area (Å²) < 4.78 is 10.6. The van der Waals surface area contributed by atoms with E-state index in [2.05, 4.69) is 0 Å². The number of benzene rings is 1. The van der Waals surface area contributed by atoms with Crippen molar-refractivity contribution in [1.82, 2.24) is 0 Å². The van der Waals surface area contributed by atoms with Gasteiger partial charge in [-0.3, -0.25) is 4.79 Å². The molecule has 20 heavy (non-hydrogen) atoms. The summed E-state index contributed by atoms with van der Waals surface area (Å²) in [7, 11) is 0. The zero-order valence-corrected chi connectivity index (χ0v) is 11.1. The molecule has 2 aromatic rings. The van der Waals surface area contributed by atoms with Crippen LogP contribution in [0.3, 0.4) is 0 Å². The van der Waals surface area contributed by atoms with E-state index in [1.54, 1.807) is 18.2 Å². The number of hydrogen-bond donors (Lipinski definition) is 1. The van der Waals surface area contributed by atoms with Crippen molar-refractivity contribution in [2.75, 3.05) is 6.61 Å². The molecule has 1 aliphatic rings. The Morgan fingerprint density at radius 3 is 2.95 bits per heavy atom. The maximum Gasteiger partial charge on any atom is 0.339 e. The topological polar surface area (TPSA) is 76.7 Å². The molecule has 1 aromatic carbocycles. The Labute approximate surface area is 118 Å². The first-order chi connectivity index (χ1) is 9.54. The molecule has 1 fully saturated rings. The van der Waals surface area contributed by atoms with Crippen LogP contribution in [0.1, 0.15) is 6.42 Å². The van der Waals surface area contributed by atoms with E-state index < -0.39 is 11.6 Å². The second kappa shape index (κ2) is 4.83. The summed E-state index contributed by atoms with van der Waals surface area (Å²) in [5, 5.41) is 9.94. The maximum atomic E-state index is 11.4. The summed E-state index contributed by atoms with van der Waals surface area (Å²) in [5.41, 5.74) is -0.122. The van der Waals surface area contributed by atoms with Gasteiger partial charge in [0.05, 0.1) is 24.0 Å². The molecule has 0 amide bonds. The summed E-state index contributed by atoms with van der Waals surface area (Å²) in [6.07, 6.45) is 0.607. The number of hydrogen-bond acceptors (Lipinski definition) is 4.